The fraction of sp³-hybridized carbons (Fsp3) is 0.381. The highest BCUT2D eigenvalue weighted by atomic mass is 16.6. The number of nitriles is 1. The molecular weight excluding hydrogens is 404 g/mol. The van der Waals surface area contributed by atoms with Gasteiger partial charge in [-0.05, 0) is 31.4 Å². The van der Waals surface area contributed by atoms with Crippen molar-refractivity contribution in [2.45, 2.75) is 19.8 Å². The second kappa shape index (κ2) is 9.63. The second-order valence-electron chi connectivity index (χ2n) is 7.19. The number of nitro benzene ring substituents is 1. The van der Waals surface area contributed by atoms with Crippen molar-refractivity contribution in [1.82, 2.24) is 9.80 Å². The summed E-state index contributed by atoms with van der Waals surface area (Å²) in [6, 6.07) is 3.73. The van der Waals surface area contributed by atoms with Crippen molar-refractivity contribution in [3.8, 4) is 23.7 Å². The molecule has 0 radical (unpaired) electrons. The van der Waals surface area contributed by atoms with E-state index in [0.29, 0.717) is 13.0 Å². The molecule has 0 aliphatic carbocycles. The van der Waals surface area contributed by atoms with Crippen LogP contribution in [0.3, 0.4) is 0 Å². The fourth-order valence-electron chi connectivity index (χ4n) is 3.10. The molecule has 10 heteroatoms. The molecule has 0 saturated carbocycles. The van der Waals surface area contributed by atoms with Crippen molar-refractivity contribution in [3.63, 3.8) is 0 Å². The Labute approximate surface area is 179 Å². The van der Waals surface area contributed by atoms with Crippen LogP contribution in [0.4, 0.5) is 5.69 Å². The number of aliphatic hydroxyl groups excluding tert-OH is 1. The van der Waals surface area contributed by atoms with Gasteiger partial charge in [-0.1, -0.05) is 11.8 Å². The summed E-state index contributed by atoms with van der Waals surface area (Å²) in [5.41, 5.74) is -1.34. The zero-order valence-corrected chi connectivity index (χ0v) is 17.4. The fourth-order valence-corrected chi connectivity index (χ4v) is 3.10. The third-order valence-electron chi connectivity index (χ3n) is 4.91. The van der Waals surface area contributed by atoms with E-state index in [-0.39, 0.29) is 23.6 Å². The van der Waals surface area contributed by atoms with E-state index in [9.17, 15) is 35.2 Å². The largest absolute Gasteiger partial charge is 0.506 e. The number of rotatable bonds is 4. The van der Waals surface area contributed by atoms with Gasteiger partial charge >= 0.3 is 5.69 Å². The molecule has 31 heavy (non-hydrogen) atoms. The Kier molecular flexibility index (Phi) is 7.22. The summed E-state index contributed by atoms with van der Waals surface area (Å²) in [7, 11) is 3.08. The Hall–Kier alpha value is -4.05. The molecule has 1 unspecified atom stereocenters. The quantitative estimate of drug-likeness (QED) is 0.186. The number of hydrogen-bond acceptors (Lipinski definition) is 7. The molecule has 1 fully saturated rings. The molecule has 1 aliphatic rings. The van der Waals surface area contributed by atoms with Crippen molar-refractivity contribution in [3.05, 3.63) is 38.9 Å². The first-order chi connectivity index (χ1) is 14.6. The minimum Gasteiger partial charge on any atom is -0.506 e. The standard InChI is InChI=1S/C21H22N4O6/c1-13-10-15(11-17(18(13)26)25(30)31)19(27)16(12-22)21(29)24(3)9-5-7-14-6-4-8-23(2)20(14)28/h10-11,14,26-27H,4,6,8-9H2,1-3H3/b19-16-. The van der Waals surface area contributed by atoms with Crippen LogP contribution in [-0.4, -0.2) is 63.9 Å². The number of piperidine rings is 1. The Balaban J connectivity index is 2.26. The Morgan fingerprint density at radius 1 is 1.45 bits per heavy atom. The molecule has 0 aromatic heterocycles. The van der Waals surface area contributed by atoms with Gasteiger partial charge in [0.1, 0.15) is 11.8 Å². The number of carbonyl (C=O) groups is 2. The van der Waals surface area contributed by atoms with Crippen molar-refractivity contribution >= 4 is 23.3 Å². The molecule has 162 valence electrons. The lowest BCUT2D eigenvalue weighted by Gasteiger charge is -2.26. The monoisotopic (exact) mass is 426 g/mol. The first kappa shape index (κ1) is 23.2. The number of phenolic OH excluding ortho intramolecular Hbond substituents is 1. The van der Waals surface area contributed by atoms with Gasteiger partial charge in [-0.25, -0.2) is 0 Å². The number of aryl methyl sites for hydroxylation is 1. The van der Waals surface area contributed by atoms with Crippen LogP contribution >= 0.6 is 0 Å². The van der Waals surface area contributed by atoms with Gasteiger partial charge in [-0.2, -0.15) is 5.26 Å². The topological polar surface area (TPSA) is 148 Å². The number of amides is 2. The zero-order chi connectivity index (χ0) is 23.3. The normalized spacial score (nSPS) is 16.5. The number of benzene rings is 1. The third kappa shape index (κ3) is 5.11. The van der Waals surface area contributed by atoms with E-state index in [1.165, 1.54) is 20.0 Å². The van der Waals surface area contributed by atoms with Gasteiger partial charge in [-0.15, -0.1) is 0 Å². The lowest BCUT2D eigenvalue weighted by atomic mass is 9.98. The zero-order valence-electron chi connectivity index (χ0n) is 17.4. The van der Waals surface area contributed by atoms with Gasteiger partial charge < -0.3 is 20.0 Å². The summed E-state index contributed by atoms with van der Waals surface area (Å²) in [5.74, 6) is 2.92. The van der Waals surface area contributed by atoms with Crippen molar-refractivity contribution in [1.29, 1.82) is 5.26 Å². The maximum Gasteiger partial charge on any atom is 0.311 e. The molecule has 1 heterocycles. The van der Waals surface area contributed by atoms with E-state index in [1.54, 1.807) is 18.0 Å². The first-order valence-electron chi connectivity index (χ1n) is 9.39. The summed E-state index contributed by atoms with van der Waals surface area (Å²) < 4.78 is 0. The lowest BCUT2D eigenvalue weighted by molar-refractivity contribution is -0.385. The van der Waals surface area contributed by atoms with Crippen LogP contribution in [0, 0.1) is 46.1 Å². The molecule has 1 aliphatic heterocycles. The summed E-state index contributed by atoms with van der Waals surface area (Å²) in [6.45, 7) is 1.98. The van der Waals surface area contributed by atoms with E-state index in [2.05, 4.69) is 11.8 Å². The van der Waals surface area contributed by atoms with Crippen LogP contribution in [0.15, 0.2) is 17.7 Å². The van der Waals surface area contributed by atoms with Crippen molar-refractivity contribution in [2.75, 3.05) is 27.2 Å². The number of nitrogens with zero attached hydrogens (tertiary/aromatic N) is 4. The summed E-state index contributed by atoms with van der Waals surface area (Å²) in [4.78, 5) is 37.6. The minimum absolute atomic E-state index is 0.0766. The molecule has 1 aromatic rings. The van der Waals surface area contributed by atoms with Crippen LogP contribution < -0.4 is 0 Å². The molecule has 2 rings (SSSR count). The Morgan fingerprint density at radius 3 is 2.74 bits per heavy atom. The summed E-state index contributed by atoms with van der Waals surface area (Å²) in [5, 5.41) is 40.7. The van der Waals surface area contributed by atoms with Gasteiger partial charge in [-0.3, -0.25) is 19.7 Å². The van der Waals surface area contributed by atoms with Gasteiger partial charge in [0.2, 0.25) is 5.91 Å². The van der Waals surface area contributed by atoms with Gasteiger partial charge in [0.05, 0.1) is 17.4 Å². The smallest absolute Gasteiger partial charge is 0.311 e. The molecule has 2 amide bonds. The van der Waals surface area contributed by atoms with E-state index >= 15 is 0 Å². The van der Waals surface area contributed by atoms with Gasteiger partial charge in [0.25, 0.3) is 5.91 Å². The highest BCUT2D eigenvalue weighted by molar-refractivity contribution is 6.03. The number of aliphatic hydroxyl groups is 1. The number of nitro groups is 1. The second-order valence-corrected chi connectivity index (χ2v) is 7.19. The molecule has 10 nitrogen and oxygen atoms in total. The highest BCUT2D eigenvalue weighted by Crippen LogP contribution is 2.33. The summed E-state index contributed by atoms with van der Waals surface area (Å²) >= 11 is 0. The molecule has 1 atom stereocenters. The van der Waals surface area contributed by atoms with E-state index in [4.69, 9.17) is 0 Å². The van der Waals surface area contributed by atoms with Gasteiger partial charge in [0.15, 0.2) is 11.3 Å². The first-order valence-corrected chi connectivity index (χ1v) is 9.39. The van der Waals surface area contributed by atoms with Crippen molar-refractivity contribution in [2.24, 2.45) is 5.92 Å². The Bertz CT molecular complexity index is 1060. The van der Waals surface area contributed by atoms with Crippen molar-refractivity contribution < 1.29 is 24.7 Å². The number of likely N-dealkylation sites (tertiary alicyclic amines) is 1. The minimum atomic E-state index is -0.838. The number of likely N-dealkylation sites (N-methyl/N-ethyl adjacent to an activating group) is 1. The maximum atomic E-state index is 12.6. The lowest BCUT2D eigenvalue weighted by Crippen LogP contribution is -2.37. The number of phenols is 1. The predicted molar refractivity (Wildman–Crippen MR) is 110 cm³/mol. The van der Waals surface area contributed by atoms with Crippen LogP contribution in [0.1, 0.15) is 24.0 Å². The summed E-state index contributed by atoms with van der Waals surface area (Å²) in [6.07, 6.45) is 1.47. The van der Waals surface area contributed by atoms with Crippen LogP contribution in [-0.2, 0) is 9.59 Å². The third-order valence-corrected chi connectivity index (χ3v) is 4.91. The molecular formula is C21H22N4O6. The van der Waals surface area contributed by atoms with Crippen LogP contribution in [0.5, 0.6) is 5.75 Å². The average Bonchev–Trinajstić information content (AvgIpc) is 2.72. The number of aromatic hydroxyl groups is 1. The Morgan fingerprint density at radius 2 is 2.13 bits per heavy atom. The molecule has 1 aromatic carbocycles. The van der Waals surface area contributed by atoms with E-state index in [0.717, 1.165) is 17.4 Å². The molecule has 1 saturated heterocycles. The SMILES string of the molecule is Cc1cc(/C(O)=C(\C#N)C(=O)N(C)CC#CC2CCCN(C)C2=O)cc([N+](=O)[O-])c1O. The van der Waals surface area contributed by atoms with E-state index in [1.807, 2.05) is 0 Å². The number of hydrogen-bond donors (Lipinski definition) is 2. The highest BCUT2D eigenvalue weighted by Gasteiger charge is 2.25. The van der Waals surface area contributed by atoms with Gasteiger partial charge in [0, 0.05) is 32.3 Å². The number of carbonyl (C=O) groups excluding carboxylic acids is 2. The molecule has 0 spiro atoms. The maximum absolute atomic E-state index is 12.6. The van der Waals surface area contributed by atoms with E-state index < -0.39 is 39.5 Å². The van der Waals surface area contributed by atoms with Crippen LogP contribution in [0.25, 0.3) is 5.76 Å². The van der Waals surface area contributed by atoms with Crippen LogP contribution in [0.2, 0.25) is 0 Å². The molecule has 0 bridgehead atoms. The predicted octanol–water partition coefficient (Wildman–Crippen LogP) is 1.73. The average molecular weight is 426 g/mol. The molecule has 2 N–H and O–H groups in total.